The third kappa shape index (κ3) is 4.15. The molecule has 0 atom stereocenters. The quantitative estimate of drug-likeness (QED) is 0.580. The van der Waals surface area contributed by atoms with Crippen molar-refractivity contribution in [2.75, 3.05) is 5.43 Å². The fourth-order valence-electron chi connectivity index (χ4n) is 1.15. The van der Waals surface area contributed by atoms with E-state index in [4.69, 9.17) is 5.84 Å². The van der Waals surface area contributed by atoms with Crippen molar-refractivity contribution in [3.8, 4) is 0 Å². The summed E-state index contributed by atoms with van der Waals surface area (Å²) in [5, 5.41) is 0. The van der Waals surface area contributed by atoms with Crippen molar-refractivity contribution in [2.45, 2.75) is 26.2 Å². The van der Waals surface area contributed by atoms with Gasteiger partial charge in [0, 0.05) is 5.69 Å². The van der Waals surface area contributed by atoms with Crippen molar-refractivity contribution in [3.05, 3.63) is 29.8 Å². The van der Waals surface area contributed by atoms with Gasteiger partial charge in [-0.1, -0.05) is 25.5 Å². The lowest BCUT2D eigenvalue weighted by Crippen LogP contribution is -2.06. The second kappa shape index (κ2) is 6.75. The van der Waals surface area contributed by atoms with E-state index in [0.29, 0.717) is 0 Å². The summed E-state index contributed by atoms with van der Waals surface area (Å²) >= 11 is 0. The molecule has 0 spiro atoms. The second-order valence-corrected chi connectivity index (χ2v) is 2.94. The first-order valence-corrected chi connectivity index (χ1v) is 4.42. The molecule has 1 aromatic carbocycles. The molecule has 0 aliphatic heterocycles. The number of halogens is 1. The zero-order chi connectivity index (χ0) is 8.81. The molecule has 0 heterocycles. The molecule has 13 heavy (non-hydrogen) atoms. The maximum atomic E-state index is 5.25. The first kappa shape index (κ1) is 12.3. The van der Waals surface area contributed by atoms with E-state index in [9.17, 15) is 0 Å². The van der Waals surface area contributed by atoms with E-state index < -0.39 is 0 Å². The molecule has 74 valence electrons. The molecule has 0 radical (unpaired) electrons. The lowest BCUT2D eigenvalue weighted by Gasteiger charge is -2.02. The first-order chi connectivity index (χ1) is 5.86. The topological polar surface area (TPSA) is 38.0 Å². The number of unbranched alkanes of at least 4 members (excludes halogenated alkanes) is 1. The van der Waals surface area contributed by atoms with Crippen LogP contribution in [0.15, 0.2) is 24.3 Å². The van der Waals surface area contributed by atoms with Crippen LogP contribution in [0, 0.1) is 0 Å². The molecular weight excluding hydrogens is 184 g/mol. The first-order valence-electron chi connectivity index (χ1n) is 4.42. The van der Waals surface area contributed by atoms with Crippen LogP contribution in [0.1, 0.15) is 25.3 Å². The van der Waals surface area contributed by atoms with Gasteiger partial charge in [0.15, 0.2) is 0 Å². The molecule has 0 amide bonds. The third-order valence-corrected chi connectivity index (χ3v) is 1.94. The number of nitrogen functional groups attached to an aromatic ring is 1. The van der Waals surface area contributed by atoms with Crippen LogP contribution in [-0.4, -0.2) is 0 Å². The van der Waals surface area contributed by atoms with Crippen LogP contribution in [0.3, 0.4) is 0 Å². The molecule has 3 heteroatoms. The normalized spacial score (nSPS) is 9.08. The number of nitrogens with one attached hydrogen (secondary N) is 1. The minimum atomic E-state index is 0. The Morgan fingerprint density at radius 1 is 1.23 bits per heavy atom. The summed E-state index contributed by atoms with van der Waals surface area (Å²) in [5.74, 6) is 5.25. The van der Waals surface area contributed by atoms with E-state index in [-0.39, 0.29) is 12.4 Å². The summed E-state index contributed by atoms with van der Waals surface area (Å²) in [6, 6.07) is 8.24. The monoisotopic (exact) mass is 200 g/mol. The summed E-state index contributed by atoms with van der Waals surface area (Å²) in [6.45, 7) is 2.20. The molecular formula is C10H17ClN2. The van der Waals surface area contributed by atoms with E-state index in [2.05, 4.69) is 24.5 Å². The minimum Gasteiger partial charge on any atom is -0.324 e. The minimum absolute atomic E-state index is 0. The SMILES string of the molecule is CCCCc1ccc(NN)cc1.Cl. The molecule has 0 saturated carbocycles. The molecule has 2 nitrogen and oxygen atoms in total. The average Bonchev–Trinajstić information content (AvgIpc) is 2.15. The molecule has 3 N–H and O–H groups in total. The Kier molecular flexibility index (Phi) is 6.37. The van der Waals surface area contributed by atoms with Gasteiger partial charge in [0.05, 0.1) is 0 Å². The van der Waals surface area contributed by atoms with E-state index in [1.54, 1.807) is 0 Å². The van der Waals surface area contributed by atoms with Crippen LogP contribution < -0.4 is 11.3 Å². The van der Waals surface area contributed by atoms with Gasteiger partial charge in [-0.25, -0.2) is 0 Å². The van der Waals surface area contributed by atoms with Gasteiger partial charge in [0.25, 0.3) is 0 Å². The highest BCUT2D eigenvalue weighted by molar-refractivity contribution is 5.85. The van der Waals surface area contributed by atoms with E-state index in [1.807, 2.05) is 12.1 Å². The smallest absolute Gasteiger partial charge is 0.0485 e. The molecule has 1 aromatic rings. The predicted molar refractivity (Wildman–Crippen MR) is 60.1 cm³/mol. The van der Waals surface area contributed by atoms with E-state index >= 15 is 0 Å². The zero-order valence-corrected chi connectivity index (χ0v) is 8.73. The second-order valence-electron chi connectivity index (χ2n) is 2.94. The summed E-state index contributed by atoms with van der Waals surface area (Å²) in [6.07, 6.45) is 3.67. The Labute approximate surface area is 85.9 Å². The molecule has 0 bridgehead atoms. The molecule has 0 saturated heterocycles. The van der Waals surface area contributed by atoms with Crippen molar-refractivity contribution >= 4 is 18.1 Å². The summed E-state index contributed by atoms with van der Waals surface area (Å²) in [7, 11) is 0. The number of anilines is 1. The third-order valence-electron chi connectivity index (χ3n) is 1.94. The number of rotatable bonds is 4. The number of nitrogens with two attached hydrogens (primary N) is 1. The lowest BCUT2D eigenvalue weighted by molar-refractivity contribution is 0.795. The number of hydrazine groups is 1. The number of hydrogen-bond acceptors (Lipinski definition) is 2. The van der Waals surface area contributed by atoms with Gasteiger partial charge in [-0.15, -0.1) is 12.4 Å². The fraction of sp³-hybridized carbons (Fsp3) is 0.400. The Morgan fingerprint density at radius 2 is 1.85 bits per heavy atom. The standard InChI is InChI=1S/C10H16N2.ClH/c1-2-3-4-9-5-7-10(12-11)8-6-9;/h5-8,12H,2-4,11H2,1H3;1H. The Morgan fingerprint density at radius 3 is 2.31 bits per heavy atom. The van der Waals surface area contributed by atoms with Crippen molar-refractivity contribution in [3.63, 3.8) is 0 Å². The van der Waals surface area contributed by atoms with Crippen LogP contribution in [0.25, 0.3) is 0 Å². The van der Waals surface area contributed by atoms with E-state index in [0.717, 1.165) is 5.69 Å². The highest BCUT2D eigenvalue weighted by Crippen LogP contribution is 2.10. The Balaban J connectivity index is 0.00000144. The van der Waals surface area contributed by atoms with Gasteiger partial charge in [0.1, 0.15) is 0 Å². The average molecular weight is 201 g/mol. The maximum Gasteiger partial charge on any atom is 0.0485 e. The van der Waals surface area contributed by atoms with Crippen molar-refractivity contribution < 1.29 is 0 Å². The maximum absolute atomic E-state index is 5.25. The predicted octanol–water partition coefficient (Wildman–Crippen LogP) is 2.74. The van der Waals surface area contributed by atoms with Crippen molar-refractivity contribution in [2.24, 2.45) is 5.84 Å². The number of hydrogen-bond donors (Lipinski definition) is 2. The summed E-state index contributed by atoms with van der Waals surface area (Å²) in [5.41, 5.74) is 4.96. The van der Waals surface area contributed by atoms with Crippen LogP contribution in [0.4, 0.5) is 5.69 Å². The van der Waals surface area contributed by atoms with Crippen LogP contribution in [0.5, 0.6) is 0 Å². The van der Waals surface area contributed by atoms with Crippen LogP contribution in [-0.2, 0) is 6.42 Å². The number of benzene rings is 1. The van der Waals surface area contributed by atoms with Gasteiger partial charge in [-0.2, -0.15) is 0 Å². The molecule has 0 aliphatic rings. The molecule has 1 rings (SSSR count). The molecule has 0 aliphatic carbocycles. The zero-order valence-electron chi connectivity index (χ0n) is 7.92. The van der Waals surface area contributed by atoms with Gasteiger partial charge in [0.2, 0.25) is 0 Å². The molecule has 0 unspecified atom stereocenters. The largest absolute Gasteiger partial charge is 0.324 e. The highest BCUT2D eigenvalue weighted by atomic mass is 35.5. The highest BCUT2D eigenvalue weighted by Gasteiger charge is 1.91. The molecule has 0 aromatic heterocycles. The Bertz CT molecular complexity index is 221. The van der Waals surface area contributed by atoms with Gasteiger partial charge in [-0.3, -0.25) is 5.84 Å². The molecule has 0 fully saturated rings. The van der Waals surface area contributed by atoms with Crippen LogP contribution in [0.2, 0.25) is 0 Å². The van der Waals surface area contributed by atoms with Crippen LogP contribution >= 0.6 is 12.4 Å². The van der Waals surface area contributed by atoms with Crippen molar-refractivity contribution in [1.82, 2.24) is 0 Å². The number of aryl methyl sites for hydroxylation is 1. The lowest BCUT2D eigenvalue weighted by atomic mass is 10.1. The fourth-order valence-corrected chi connectivity index (χ4v) is 1.15. The van der Waals surface area contributed by atoms with Crippen molar-refractivity contribution in [1.29, 1.82) is 0 Å². The van der Waals surface area contributed by atoms with Gasteiger partial charge >= 0.3 is 0 Å². The Hall–Kier alpha value is -0.730. The van der Waals surface area contributed by atoms with E-state index in [1.165, 1.54) is 24.8 Å². The van der Waals surface area contributed by atoms with Gasteiger partial charge in [-0.05, 0) is 30.5 Å². The van der Waals surface area contributed by atoms with Gasteiger partial charge < -0.3 is 5.43 Å². The summed E-state index contributed by atoms with van der Waals surface area (Å²) in [4.78, 5) is 0. The summed E-state index contributed by atoms with van der Waals surface area (Å²) < 4.78 is 0.